The average Bonchev–Trinajstić information content (AvgIpc) is 2.96. The first-order valence-electron chi connectivity index (χ1n) is 6.29. The van der Waals surface area contributed by atoms with Crippen molar-refractivity contribution in [3.8, 4) is 11.5 Å². The van der Waals surface area contributed by atoms with E-state index in [0.29, 0.717) is 23.3 Å². The van der Waals surface area contributed by atoms with Crippen LogP contribution >= 0.6 is 34.2 Å². The van der Waals surface area contributed by atoms with Gasteiger partial charge in [-0.05, 0) is 52.9 Å². The fraction of sp³-hybridized carbons (Fsp3) is 0.0667. The van der Waals surface area contributed by atoms with Crippen LogP contribution in [-0.4, -0.2) is 10.2 Å². The second kappa shape index (κ2) is 6.44. The van der Waals surface area contributed by atoms with Crippen molar-refractivity contribution in [2.45, 2.75) is 6.54 Å². The zero-order valence-electron chi connectivity index (χ0n) is 10.9. The van der Waals surface area contributed by atoms with E-state index in [1.165, 1.54) is 0 Å². The third kappa shape index (κ3) is 3.54. The molecule has 0 radical (unpaired) electrons. The SMILES string of the molecule is Clc1cc(I)ccc1NCc1nnc(-c2ccccc2)o1. The van der Waals surface area contributed by atoms with Gasteiger partial charge in [-0.3, -0.25) is 0 Å². The van der Waals surface area contributed by atoms with Gasteiger partial charge in [-0.2, -0.15) is 0 Å². The molecule has 0 amide bonds. The van der Waals surface area contributed by atoms with Crippen molar-refractivity contribution in [2.75, 3.05) is 5.32 Å². The van der Waals surface area contributed by atoms with E-state index in [2.05, 4.69) is 38.1 Å². The molecule has 0 aliphatic carbocycles. The van der Waals surface area contributed by atoms with Crippen molar-refractivity contribution < 1.29 is 4.42 Å². The van der Waals surface area contributed by atoms with Crippen molar-refractivity contribution in [3.05, 3.63) is 63.0 Å². The summed E-state index contributed by atoms with van der Waals surface area (Å²) in [4.78, 5) is 0. The van der Waals surface area contributed by atoms with Gasteiger partial charge < -0.3 is 9.73 Å². The molecule has 2 aromatic carbocycles. The molecular formula is C15H11ClIN3O. The first-order valence-corrected chi connectivity index (χ1v) is 7.75. The minimum Gasteiger partial charge on any atom is -0.419 e. The van der Waals surface area contributed by atoms with E-state index in [4.69, 9.17) is 16.0 Å². The topological polar surface area (TPSA) is 51.0 Å². The van der Waals surface area contributed by atoms with Crippen LogP contribution in [0.4, 0.5) is 5.69 Å². The van der Waals surface area contributed by atoms with Gasteiger partial charge in [0.15, 0.2) is 0 Å². The van der Waals surface area contributed by atoms with E-state index in [1.807, 2.05) is 48.5 Å². The fourth-order valence-electron chi connectivity index (χ4n) is 1.83. The summed E-state index contributed by atoms with van der Waals surface area (Å²) in [6, 6.07) is 15.5. The lowest BCUT2D eigenvalue weighted by atomic mass is 10.2. The molecule has 3 aromatic rings. The molecule has 1 aromatic heterocycles. The molecule has 0 saturated heterocycles. The minimum absolute atomic E-state index is 0.431. The number of halogens is 2. The lowest BCUT2D eigenvalue weighted by Crippen LogP contribution is -2.00. The van der Waals surface area contributed by atoms with Crippen molar-refractivity contribution in [3.63, 3.8) is 0 Å². The van der Waals surface area contributed by atoms with Crippen LogP contribution in [0.15, 0.2) is 52.9 Å². The van der Waals surface area contributed by atoms with E-state index in [0.717, 1.165) is 14.8 Å². The van der Waals surface area contributed by atoms with Gasteiger partial charge in [-0.15, -0.1) is 10.2 Å². The van der Waals surface area contributed by atoms with Crippen LogP contribution < -0.4 is 5.32 Å². The molecule has 0 bridgehead atoms. The third-order valence-electron chi connectivity index (χ3n) is 2.85. The summed E-state index contributed by atoms with van der Waals surface area (Å²) in [6.45, 7) is 0.431. The van der Waals surface area contributed by atoms with Gasteiger partial charge >= 0.3 is 0 Å². The van der Waals surface area contributed by atoms with Crippen LogP contribution in [0.2, 0.25) is 5.02 Å². The predicted molar refractivity (Wildman–Crippen MR) is 91.2 cm³/mol. The maximum absolute atomic E-state index is 6.16. The van der Waals surface area contributed by atoms with Gasteiger partial charge in [0.2, 0.25) is 11.8 Å². The molecule has 1 N–H and O–H groups in total. The predicted octanol–water partition coefficient (Wildman–Crippen LogP) is 4.61. The molecule has 0 atom stereocenters. The number of nitrogens with zero attached hydrogens (tertiary/aromatic N) is 2. The molecule has 0 fully saturated rings. The Labute approximate surface area is 140 Å². The number of nitrogens with one attached hydrogen (secondary N) is 1. The van der Waals surface area contributed by atoms with Gasteiger partial charge in [0.05, 0.1) is 17.3 Å². The number of hydrogen-bond acceptors (Lipinski definition) is 4. The summed E-state index contributed by atoms with van der Waals surface area (Å²) < 4.78 is 6.72. The zero-order valence-corrected chi connectivity index (χ0v) is 13.8. The Morgan fingerprint density at radius 1 is 1.10 bits per heavy atom. The van der Waals surface area contributed by atoms with Gasteiger partial charge in [0.25, 0.3) is 0 Å². The highest BCUT2D eigenvalue weighted by atomic mass is 127. The molecule has 0 spiro atoms. The van der Waals surface area contributed by atoms with Crippen molar-refractivity contribution in [1.29, 1.82) is 0 Å². The Morgan fingerprint density at radius 2 is 1.90 bits per heavy atom. The van der Waals surface area contributed by atoms with E-state index >= 15 is 0 Å². The molecule has 6 heteroatoms. The summed E-state index contributed by atoms with van der Waals surface area (Å²) in [5.41, 5.74) is 1.75. The number of hydrogen-bond donors (Lipinski definition) is 1. The maximum atomic E-state index is 6.16. The molecule has 1 heterocycles. The van der Waals surface area contributed by atoms with Crippen molar-refractivity contribution >= 4 is 39.9 Å². The lowest BCUT2D eigenvalue weighted by Gasteiger charge is -2.06. The van der Waals surface area contributed by atoms with E-state index < -0.39 is 0 Å². The summed E-state index contributed by atoms with van der Waals surface area (Å²) in [6.07, 6.45) is 0. The Morgan fingerprint density at radius 3 is 2.67 bits per heavy atom. The monoisotopic (exact) mass is 411 g/mol. The average molecular weight is 412 g/mol. The van der Waals surface area contributed by atoms with Crippen LogP contribution in [-0.2, 0) is 6.54 Å². The van der Waals surface area contributed by atoms with Gasteiger partial charge in [-0.1, -0.05) is 29.8 Å². The van der Waals surface area contributed by atoms with Gasteiger partial charge in [-0.25, -0.2) is 0 Å². The highest BCUT2D eigenvalue weighted by Gasteiger charge is 2.08. The smallest absolute Gasteiger partial charge is 0.247 e. The molecule has 0 aliphatic rings. The molecule has 106 valence electrons. The molecule has 0 unspecified atom stereocenters. The molecular weight excluding hydrogens is 401 g/mol. The highest BCUT2D eigenvalue weighted by molar-refractivity contribution is 14.1. The molecule has 3 rings (SSSR count). The van der Waals surface area contributed by atoms with Crippen LogP contribution in [0.1, 0.15) is 5.89 Å². The number of anilines is 1. The highest BCUT2D eigenvalue weighted by Crippen LogP contribution is 2.24. The molecule has 4 nitrogen and oxygen atoms in total. The first kappa shape index (κ1) is 14.3. The molecule has 0 saturated carbocycles. The Bertz CT molecular complexity index is 746. The molecule has 0 aliphatic heterocycles. The van der Waals surface area contributed by atoms with E-state index in [1.54, 1.807) is 0 Å². The van der Waals surface area contributed by atoms with Crippen molar-refractivity contribution in [2.24, 2.45) is 0 Å². The normalized spacial score (nSPS) is 10.6. The van der Waals surface area contributed by atoms with Crippen LogP contribution in [0.3, 0.4) is 0 Å². The Balaban J connectivity index is 1.70. The lowest BCUT2D eigenvalue weighted by molar-refractivity contribution is 0.515. The third-order valence-corrected chi connectivity index (χ3v) is 3.83. The molecule has 21 heavy (non-hydrogen) atoms. The van der Waals surface area contributed by atoms with E-state index in [-0.39, 0.29) is 0 Å². The van der Waals surface area contributed by atoms with E-state index in [9.17, 15) is 0 Å². The van der Waals surface area contributed by atoms with Crippen LogP contribution in [0.25, 0.3) is 11.5 Å². The largest absolute Gasteiger partial charge is 0.419 e. The minimum atomic E-state index is 0.431. The summed E-state index contributed by atoms with van der Waals surface area (Å²) in [7, 11) is 0. The van der Waals surface area contributed by atoms with Gasteiger partial charge in [0, 0.05) is 9.13 Å². The number of aromatic nitrogens is 2. The zero-order chi connectivity index (χ0) is 14.7. The Hall–Kier alpha value is -1.60. The van der Waals surface area contributed by atoms with Crippen LogP contribution in [0, 0.1) is 3.57 Å². The van der Waals surface area contributed by atoms with Crippen molar-refractivity contribution in [1.82, 2.24) is 10.2 Å². The second-order valence-corrected chi connectivity index (χ2v) is 6.00. The summed E-state index contributed by atoms with van der Waals surface area (Å²) in [5, 5.41) is 11.9. The second-order valence-electron chi connectivity index (χ2n) is 4.34. The quantitative estimate of drug-likeness (QED) is 0.637. The number of rotatable bonds is 4. The summed E-state index contributed by atoms with van der Waals surface area (Å²) in [5.74, 6) is 1.03. The Kier molecular flexibility index (Phi) is 4.40. The standard InChI is InChI=1S/C15H11ClIN3O/c16-12-8-11(17)6-7-13(12)18-9-14-19-20-15(21-14)10-4-2-1-3-5-10/h1-8,18H,9H2. The van der Waals surface area contributed by atoms with Gasteiger partial charge in [0.1, 0.15) is 0 Å². The summed E-state index contributed by atoms with van der Waals surface area (Å²) >= 11 is 8.38. The maximum Gasteiger partial charge on any atom is 0.247 e. The van der Waals surface area contributed by atoms with Crippen LogP contribution in [0.5, 0.6) is 0 Å². The number of benzene rings is 2. The first-order chi connectivity index (χ1) is 10.2. The fourth-order valence-corrected chi connectivity index (χ4v) is 2.75.